The number of carbonyl (C=O) groups is 1. The standard InChI is InChI=1S/C27H29N3O6/c1-33-21-10-8-19-9-11-25(31)29(23(19)14-21)13-5-12-28-15-22-16-30(27(32)35-22)26-18-34-17-24(36-26)20-6-3-2-4-7-20/h2-3,6,8-11,14,17-18,22,28H,4-5,7,12-13,15-16H2,1H3/t22-/m1/s1. The Morgan fingerprint density at radius 3 is 2.89 bits per heavy atom. The molecule has 1 N–H and O–H groups in total. The number of fused-ring (bicyclic) bond motifs is 1. The molecule has 3 aliphatic rings. The highest BCUT2D eigenvalue weighted by Gasteiger charge is 2.36. The number of hydrogen-bond donors (Lipinski definition) is 1. The van der Waals surface area contributed by atoms with E-state index in [1.165, 1.54) is 11.2 Å². The molecule has 2 aliphatic heterocycles. The molecule has 1 aromatic carbocycles. The van der Waals surface area contributed by atoms with Crippen LogP contribution < -0.4 is 15.6 Å². The fourth-order valence-electron chi connectivity index (χ4n) is 4.44. The minimum atomic E-state index is -0.466. The molecule has 1 aliphatic carbocycles. The number of allylic oxidation sites excluding steroid dienone is 4. The summed E-state index contributed by atoms with van der Waals surface area (Å²) in [6.45, 7) is 2.08. The summed E-state index contributed by atoms with van der Waals surface area (Å²) >= 11 is 0. The molecule has 0 bridgehead atoms. The number of aromatic nitrogens is 1. The zero-order chi connectivity index (χ0) is 24.9. The van der Waals surface area contributed by atoms with Crippen LogP contribution in [0, 0.1) is 0 Å². The van der Waals surface area contributed by atoms with Crippen LogP contribution in [0.25, 0.3) is 10.9 Å². The maximum absolute atomic E-state index is 12.5. The van der Waals surface area contributed by atoms with Gasteiger partial charge in [0.05, 0.1) is 19.2 Å². The molecule has 0 unspecified atom stereocenters. The molecule has 0 spiro atoms. The van der Waals surface area contributed by atoms with Crippen LogP contribution in [0.5, 0.6) is 5.75 Å². The van der Waals surface area contributed by atoms with E-state index in [1.54, 1.807) is 24.0 Å². The zero-order valence-electron chi connectivity index (χ0n) is 20.1. The Morgan fingerprint density at radius 2 is 2.06 bits per heavy atom. The van der Waals surface area contributed by atoms with Crippen molar-refractivity contribution in [2.24, 2.45) is 0 Å². The van der Waals surface area contributed by atoms with Gasteiger partial charge in [0.25, 0.3) is 5.56 Å². The van der Waals surface area contributed by atoms with E-state index in [9.17, 15) is 9.59 Å². The highest BCUT2D eigenvalue weighted by molar-refractivity contribution is 5.80. The van der Waals surface area contributed by atoms with Crippen LogP contribution in [-0.2, 0) is 20.8 Å². The van der Waals surface area contributed by atoms with E-state index in [1.807, 2.05) is 36.4 Å². The van der Waals surface area contributed by atoms with Crippen molar-refractivity contribution in [2.45, 2.75) is 31.9 Å². The molecule has 1 atom stereocenters. The molecule has 9 nitrogen and oxygen atoms in total. The maximum Gasteiger partial charge on any atom is 0.417 e. The van der Waals surface area contributed by atoms with Crippen LogP contribution in [0.2, 0.25) is 0 Å². The van der Waals surface area contributed by atoms with Crippen LogP contribution >= 0.6 is 0 Å². The first-order chi connectivity index (χ1) is 17.6. The number of pyridine rings is 1. The van der Waals surface area contributed by atoms with Crippen molar-refractivity contribution in [1.82, 2.24) is 14.8 Å². The Kier molecular flexibility index (Phi) is 7.08. The number of rotatable bonds is 9. The fraction of sp³-hybridized carbons (Fsp3) is 0.333. The molecule has 0 radical (unpaired) electrons. The molecule has 9 heteroatoms. The average molecular weight is 492 g/mol. The molecule has 2 aromatic rings. The number of methoxy groups -OCH3 is 1. The van der Waals surface area contributed by atoms with Gasteiger partial charge in [-0.2, -0.15) is 0 Å². The summed E-state index contributed by atoms with van der Waals surface area (Å²) in [5.74, 6) is 1.64. The summed E-state index contributed by atoms with van der Waals surface area (Å²) in [7, 11) is 1.61. The molecule has 3 heterocycles. The van der Waals surface area contributed by atoms with Gasteiger partial charge in [0, 0.05) is 25.2 Å². The van der Waals surface area contributed by atoms with Crippen molar-refractivity contribution in [2.75, 3.05) is 26.7 Å². The number of benzene rings is 1. The van der Waals surface area contributed by atoms with Crippen molar-refractivity contribution < 1.29 is 23.7 Å². The molecule has 1 saturated heterocycles. The third-order valence-electron chi connectivity index (χ3n) is 6.34. The third-order valence-corrected chi connectivity index (χ3v) is 6.34. The normalized spacial score (nSPS) is 19.2. The van der Waals surface area contributed by atoms with E-state index in [-0.39, 0.29) is 11.7 Å². The summed E-state index contributed by atoms with van der Waals surface area (Å²) in [6, 6.07) is 9.12. The molecule has 36 heavy (non-hydrogen) atoms. The highest BCUT2D eigenvalue weighted by atomic mass is 16.6. The lowest BCUT2D eigenvalue weighted by atomic mass is 10.0. The molecule has 1 amide bonds. The molecule has 5 rings (SSSR count). The monoisotopic (exact) mass is 491 g/mol. The Morgan fingerprint density at radius 1 is 1.17 bits per heavy atom. The van der Waals surface area contributed by atoms with Gasteiger partial charge in [0.15, 0.2) is 12.0 Å². The van der Waals surface area contributed by atoms with E-state index in [4.69, 9.17) is 18.9 Å². The second-order valence-corrected chi connectivity index (χ2v) is 8.76. The summed E-state index contributed by atoms with van der Waals surface area (Å²) < 4.78 is 24.0. The molecule has 1 fully saturated rings. The molecule has 0 saturated carbocycles. The van der Waals surface area contributed by atoms with E-state index in [2.05, 4.69) is 11.4 Å². The first kappa shape index (κ1) is 23.7. The lowest BCUT2D eigenvalue weighted by Gasteiger charge is -2.23. The Balaban J connectivity index is 1.11. The highest BCUT2D eigenvalue weighted by Crippen LogP contribution is 2.29. The predicted molar refractivity (Wildman–Crippen MR) is 134 cm³/mol. The van der Waals surface area contributed by atoms with Gasteiger partial charge in [-0.15, -0.1) is 0 Å². The first-order valence-electron chi connectivity index (χ1n) is 12.1. The van der Waals surface area contributed by atoms with E-state index in [0.717, 1.165) is 35.7 Å². The second kappa shape index (κ2) is 10.7. The lowest BCUT2D eigenvalue weighted by Crippen LogP contribution is -2.32. The van der Waals surface area contributed by atoms with Gasteiger partial charge >= 0.3 is 6.09 Å². The van der Waals surface area contributed by atoms with Crippen molar-refractivity contribution in [1.29, 1.82) is 0 Å². The van der Waals surface area contributed by atoms with E-state index in [0.29, 0.717) is 43.6 Å². The molecular formula is C27H29N3O6. The molecule has 188 valence electrons. The van der Waals surface area contributed by atoms with Crippen LogP contribution in [-0.4, -0.2) is 48.4 Å². The summed E-state index contributed by atoms with van der Waals surface area (Å²) in [5, 5.41) is 4.31. The van der Waals surface area contributed by atoms with Crippen molar-refractivity contribution in [3.8, 4) is 5.75 Å². The van der Waals surface area contributed by atoms with Gasteiger partial charge in [0.1, 0.15) is 18.1 Å². The lowest BCUT2D eigenvalue weighted by molar-refractivity contribution is 0.118. The van der Waals surface area contributed by atoms with Gasteiger partial charge < -0.3 is 28.8 Å². The third kappa shape index (κ3) is 5.16. The van der Waals surface area contributed by atoms with Gasteiger partial charge in [-0.05, 0) is 55.0 Å². The SMILES string of the molecule is COc1ccc2ccc(=O)n(CCCNC[C@@H]3CN(C4=COC=C(C5=CC=CCC5)O4)C(=O)O3)c2c1. The summed E-state index contributed by atoms with van der Waals surface area (Å²) in [4.78, 5) is 26.4. The summed E-state index contributed by atoms with van der Waals surface area (Å²) in [5.41, 5.74) is 1.82. The van der Waals surface area contributed by atoms with Crippen molar-refractivity contribution in [3.63, 3.8) is 0 Å². The minimum absolute atomic E-state index is 0.0486. The van der Waals surface area contributed by atoms with Crippen LogP contribution in [0.3, 0.4) is 0 Å². The maximum atomic E-state index is 12.5. The Labute approximate surface area is 208 Å². The van der Waals surface area contributed by atoms with E-state index >= 15 is 0 Å². The fourth-order valence-corrected chi connectivity index (χ4v) is 4.44. The van der Waals surface area contributed by atoms with Gasteiger partial charge in [-0.3, -0.25) is 4.79 Å². The quantitative estimate of drug-likeness (QED) is 0.534. The van der Waals surface area contributed by atoms with Gasteiger partial charge in [0.2, 0.25) is 5.88 Å². The number of nitrogens with zero attached hydrogens (tertiary/aromatic N) is 2. The van der Waals surface area contributed by atoms with Crippen LogP contribution in [0.4, 0.5) is 4.79 Å². The number of aryl methyl sites for hydroxylation is 1. The van der Waals surface area contributed by atoms with Crippen molar-refractivity contribution in [3.05, 3.63) is 88.7 Å². The Bertz CT molecular complexity index is 1320. The molecular weight excluding hydrogens is 462 g/mol. The number of cyclic esters (lactones) is 1. The van der Waals surface area contributed by atoms with Crippen molar-refractivity contribution >= 4 is 17.0 Å². The molecule has 1 aromatic heterocycles. The average Bonchev–Trinajstić information content (AvgIpc) is 3.30. The number of hydrogen-bond acceptors (Lipinski definition) is 7. The number of ether oxygens (including phenoxy) is 4. The zero-order valence-corrected chi connectivity index (χ0v) is 20.1. The van der Waals surface area contributed by atoms with E-state index < -0.39 is 6.09 Å². The summed E-state index contributed by atoms with van der Waals surface area (Å²) in [6.07, 6.45) is 10.8. The second-order valence-electron chi connectivity index (χ2n) is 8.76. The number of amides is 1. The predicted octanol–water partition coefficient (Wildman–Crippen LogP) is 3.77. The van der Waals surface area contributed by atoms with Gasteiger partial charge in [-0.25, -0.2) is 9.69 Å². The van der Waals surface area contributed by atoms with Gasteiger partial charge in [-0.1, -0.05) is 18.2 Å². The topological polar surface area (TPSA) is 91.3 Å². The first-order valence-corrected chi connectivity index (χ1v) is 12.1. The number of carbonyl (C=O) groups excluding carboxylic acids is 1. The van der Waals surface area contributed by atoms with Crippen LogP contribution in [0.15, 0.2) is 83.1 Å². The smallest absolute Gasteiger partial charge is 0.417 e. The Hall–Kier alpha value is -3.98. The largest absolute Gasteiger partial charge is 0.497 e. The minimum Gasteiger partial charge on any atom is -0.497 e. The van der Waals surface area contributed by atoms with Crippen LogP contribution in [0.1, 0.15) is 19.3 Å². The number of nitrogens with one attached hydrogen (secondary N) is 1.